The number of nitrogens with zero attached hydrogens (tertiary/aromatic N) is 3. The molecule has 0 fully saturated rings. The van der Waals surface area contributed by atoms with E-state index < -0.39 is 0 Å². The molecule has 0 unspecified atom stereocenters. The summed E-state index contributed by atoms with van der Waals surface area (Å²) in [5, 5.41) is 3.00. The van der Waals surface area contributed by atoms with Crippen molar-refractivity contribution in [1.29, 1.82) is 0 Å². The monoisotopic (exact) mass is 388 g/mol. The van der Waals surface area contributed by atoms with E-state index in [1.54, 1.807) is 11.1 Å². The fourth-order valence-electron chi connectivity index (χ4n) is 3.95. The highest BCUT2D eigenvalue weighted by Crippen LogP contribution is 2.32. The third-order valence-corrected chi connectivity index (χ3v) is 5.35. The van der Waals surface area contributed by atoms with Crippen LogP contribution in [0.5, 0.6) is 0 Å². The molecule has 1 aliphatic rings. The summed E-state index contributed by atoms with van der Waals surface area (Å²) in [6, 6.07) is 15.6. The number of carbonyl (C=O) groups is 2. The number of hydrogen-bond acceptors (Lipinski definition) is 3. The maximum absolute atomic E-state index is 12.7. The molecule has 6 heteroatoms. The van der Waals surface area contributed by atoms with Crippen LogP contribution < -0.4 is 5.32 Å². The first-order valence-corrected chi connectivity index (χ1v) is 9.79. The van der Waals surface area contributed by atoms with Gasteiger partial charge in [0.15, 0.2) is 0 Å². The number of rotatable bonds is 5. The van der Waals surface area contributed by atoms with Gasteiger partial charge >= 0.3 is 0 Å². The number of carbonyl (C=O) groups excluding carboxylic acids is 2. The minimum absolute atomic E-state index is 0.0749. The molecule has 0 saturated carbocycles. The van der Waals surface area contributed by atoms with E-state index >= 15 is 0 Å². The van der Waals surface area contributed by atoms with Crippen molar-refractivity contribution >= 4 is 28.9 Å². The Balaban J connectivity index is 1.43. The van der Waals surface area contributed by atoms with E-state index in [2.05, 4.69) is 14.9 Å². The zero-order valence-corrected chi connectivity index (χ0v) is 16.6. The van der Waals surface area contributed by atoms with Crippen molar-refractivity contribution in [1.82, 2.24) is 19.8 Å². The van der Waals surface area contributed by atoms with Crippen LogP contribution in [0.2, 0.25) is 0 Å². The molecule has 6 nitrogen and oxygen atoms in total. The topological polar surface area (TPSA) is 67.2 Å². The lowest BCUT2D eigenvalue weighted by Crippen LogP contribution is -2.36. The van der Waals surface area contributed by atoms with Gasteiger partial charge in [0, 0.05) is 26.2 Å². The molecule has 29 heavy (non-hydrogen) atoms. The molecule has 2 heterocycles. The number of fused-ring (bicyclic) bond motifs is 2. The normalized spacial score (nSPS) is 15.4. The van der Waals surface area contributed by atoms with Crippen LogP contribution in [0.1, 0.15) is 36.3 Å². The van der Waals surface area contributed by atoms with Crippen molar-refractivity contribution in [3.8, 4) is 0 Å². The van der Waals surface area contributed by atoms with Gasteiger partial charge in [0.05, 0.1) is 23.5 Å². The fourth-order valence-corrected chi connectivity index (χ4v) is 3.95. The molecule has 3 aromatic rings. The molecule has 1 aliphatic heterocycles. The first kappa shape index (κ1) is 18.9. The Kier molecular flexibility index (Phi) is 5.16. The summed E-state index contributed by atoms with van der Waals surface area (Å²) in [5.74, 6) is 0.775. The van der Waals surface area contributed by atoms with Crippen molar-refractivity contribution in [2.75, 3.05) is 6.54 Å². The summed E-state index contributed by atoms with van der Waals surface area (Å²) >= 11 is 0. The highest BCUT2D eigenvalue weighted by molar-refractivity contribution is 5.82. The average molecular weight is 388 g/mol. The van der Waals surface area contributed by atoms with Gasteiger partial charge in [0.25, 0.3) is 0 Å². The third-order valence-electron chi connectivity index (χ3n) is 5.35. The lowest BCUT2D eigenvalue weighted by atomic mass is 9.93. The second-order valence-corrected chi connectivity index (χ2v) is 7.24. The number of benzene rings is 2. The predicted octanol–water partition coefficient (Wildman–Crippen LogP) is 3.43. The molecular formula is C23H24N4O2. The fraction of sp³-hybridized carbons (Fsp3) is 0.261. The highest BCUT2D eigenvalue weighted by atomic mass is 16.2. The minimum Gasteiger partial charge on any atom is -0.354 e. The first-order valence-electron chi connectivity index (χ1n) is 9.79. The highest BCUT2D eigenvalue weighted by Gasteiger charge is 2.28. The molecule has 1 N–H and O–H groups in total. The van der Waals surface area contributed by atoms with Crippen molar-refractivity contribution in [3.05, 3.63) is 71.7 Å². The summed E-state index contributed by atoms with van der Waals surface area (Å²) in [4.78, 5) is 30.9. The molecule has 0 aliphatic carbocycles. The van der Waals surface area contributed by atoms with Crippen LogP contribution in [0, 0.1) is 6.92 Å². The molecule has 1 atom stereocenters. The third kappa shape index (κ3) is 3.78. The van der Waals surface area contributed by atoms with Crippen LogP contribution in [-0.4, -0.2) is 32.8 Å². The van der Waals surface area contributed by atoms with Crippen LogP contribution in [0.3, 0.4) is 0 Å². The number of hydrogen-bond donors (Lipinski definition) is 1. The predicted molar refractivity (Wildman–Crippen MR) is 113 cm³/mol. The number of nitrogens with one attached hydrogen (secondary N) is 1. The zero-order valence-electron chi connectivity index (χ0n) is 16.6. The number of aryl methyl sites for hydroxylation is 1. The molecule has 0 bridgehead atoms. The first-order chi connectivity index (χ1) is 14.0. The summed E-state index contributed by atoms with van der Waals surface area (Å²) < 4.78 is 2.11. The largest absolute Gasteiger partial charge is 0.354 e. The van der Waals surface area contributed by atoms with Crippen LogP contribution in [0.15, 0.2) is 54.7 Å². The van der Waals surface area contributed by atoms with Crippen LogP contribution in [-0.2, 0) is 16.1 Å². The smallest absolute Gasteiger partial charge is 0.223 e. The van der Waals surface area contributed by atoms with Gasteiger partial charge in [-0.1, -0.05) is 36.4 Å². The molecule has 0 spiro atoms. The van der Waals surface area contributed by atoms with E-state index in [-0.39, 0.29) is 24.3 Å². The molecule has 2 aromatic carbocycles. The Morgan fingerprint density at radius 3 is 2.69 bits per heavy atom. The van der Waals surface area contributed by atoms with Gasteiger partial charge in [-0.15, -0.1) is 0 Å². The minimum atomic E-state index is -0.287. The lowest BCUT2D eigenvalue weighted by molar-refractivity contribution is -0.129. The Hall–Kier alpha value is -3.41. The van der Waals surface area contributed by atoms with E-state index in [1.165, 1.54) is 6.92 Å². The van der Waals surface area contributed by atoms with E-state index in [1.807, 2.05) is 61.5 Å². The summed E-state index contributed by atoms with van der Waals surface area (Å²) in [7, 11) is 0. The Labute approximate surface area is 169 Å². The number of amides is 2. The number of imidazole rings is 1. The van der Waals surface area contributed by atoms with Crippen LogP contribution in [0.4, 0.5) is 0 Å². The summed E-state index contributed by atoms with van der Waals surface area (Å²) in [6.45, 7) is 4.65. The summed E-state index contributed by atoms with van der Waals surface area (Å²) in [5.41, 5.74) is 4.06. The van der Waals surface area contributed by atoms with Crippen LogP contribution in [0.25, 0.3) is 17.1 Å². The quantitative estimate of drug-likeness (QED) is 0.728. The Bertz CT molecular complexity index is 1100. The maximum Gasteiger partial charge on any atom is 0.223 e. The zero-order chi connectivity index (χ0) is 20.4. The molecule has 0 saturated heterocycles. The molecule has 4 rings (SSSR count). The maximum atomic E-state index is 12.7. The molecular weight excluding hydrogens is 364 g/mol. The molecule has 2 amide bonds. The Morgan fingerprint density at radius 1 is 1.10 bits per heavy atom. The lowest BCUT2D eigenvalue weighted by Gasteiger charge is -2.32. The SMILES string of the molecule is CC(=O)N1C=Cc2ccccc2[C@H]1CC(=O)NCCn1c(C)nc2ccccc21. The van der Waals surface area contributed by atoms with Gasteiger partial charge in [0.1, 0.15) is 5.82 Å². The van der Waals surface area contributed by atoms with Gasteiger partial charge in [0.2, 0.25) is 11.8 Å². The molecule has 1 aromatic heterocycles. The van der Waals surface area contributed by atoms with Crippen molar-refractivity contribution in [2.45, 2.75) is 32.9 Å². The van der Waals surface area contributed by atoms with E-state index in [4.69, 9.17) is 0 Å². The van der Waals surface area contributed by atoms with E-state index in [9.17, 15) is 9.59 Å². The van der Waals surface area contributed by atoms with Crippen molar-refractivity contribution in [3.63, 3.8) is 0 Å². The van der Waals surface area contributed by atoms with E-state index in [0.717, 1.165) is 28.0 Å². The average Bonchev–Trinajstić information content (AvgIpc) is 3.03. The molecule has 148 valence electrons. The summed E-state index contributed by atoms with van der Waals surface area (Å²) in [6.07, 6.45) is 3.91. The van der Waals surface area contributed by atoms with Gasteiger partial charge < -0.3 is 14.8 Å². The second-order valence-electron chi connectivity index (χ2n) is 7.24. The standard InChI is InChI=1S/C23H24N4O2/c1-16-25-20-9-5-6-10-21(20)26(16)14-12-24-23(29)15-22-19-8-4-3-7-18(19)11-13-27(22)17(2)28/h3-11,13,22H,12,14-15H2,1-2H3,(H,24,29)/t22-/m1/s1. The van der Waals surface area contributed by atoms with Gasteiger partial charge in [-0.2, -0.15) is 0 Å². The van der Waals surface area contributed by atoms with Crippen LogP contribution >= 0.6 is 0 Å². The molecule has 0 radical (unpaired) electrons. The van der Waals surface area contributed by atoms with Crippen molar-refractivity contribution < 1.29 is 9.59 Å². The van der Waals surface area contributed by atoms with Gasteiger partial charge in [-0.05, 0) is 36.3 Å². The van der Waals surface area contributed by atoms with Crippen molar-refractivity contribution in [2.24, 2.45) is 0 Å². The van der Waals surface area contributed by atoms with Gasteiger partial charge in [-0.25, -0.2) is 4.98 Å². The van der Waals surface area contributed by atoms with E-state index in [0.29, 0.717) is 13.1 Å². The number of aromatic nitrogens is 2. The van der Waals surface area contributed by atoms with Gasteiger partial charge in [-0.3, -0.25) is 9.59 Å². The second kappa shape index (κ2) is 7.91. The number of para-hydroxylation sites is 2. The Morgan fingerprint density at radius 2 is 1.86 bits per heavy atom.